The first kappa shape index (κ1) is 13.9. The number of rotatable bonds is 3. The van der Waals surface area contributed by atoms with E-state index in [-0.39, 0.29) is 5.91 Å². The van der Waals surface area contributed by atoms with E-state index >= 15 is 0 Å². The highest BCUT2D eigenvalue weighted by Crippen LogP contribution is 2.08. The molecule has 1 aromatic rings. The SMILES string of the molecule is [B]c1ccc(NCC(=O)N2CCN(C)CC2)cc1C. The smallest absolute Gasteiger partial charge is 0.241 e. The lowest BCUT2D eigenvalue weighted by atomic mass is 9.91. The Morgan fingerprint density at radius 2 is 2.00 bits per heavy atom. The van der Waals surface area contributed by atoms with Crippen LogP contribution in [0.25, 0.3) is 0 Å². The van der Waals surface area contributed by atoms with Crippen LogP contribution >= 0.6 is 0 Å². The summed E-state index contributed by atoms with van der Waals surface area (Å²) >= 11 is 0. The molecule has 0 unspecified atom stereocenters. The molecule has 1 aromatic carbocycles. The molecule has 19 heavy (non-hydrogen) atoms. The lowest BCUT2D eigenvalue weighted by Gasteiger charge is -2.32. The molecule has 1 fully saturated rings. The molecule has 1 amide bonds. The molecule has 5 heteroatoms. The first-order valence-corrected chi connectivity index (χ1v) is 6.62. The van der Waals surface area contributed by atoms with Crippen molar-refractivity contribution < 1.29 is 4.79 Å². The minimum absolute atomic E-state index is 0.155. The highest BCUT2D eigenvalue weighted by Gasteiger charge is 2.18. The predicted molar refractivity (Wildman–Crippen MR) is 79.1 cm³/mol. The number of carbonyl (C=O) groups excluding carboxylic acids is 1. The number of hydrogen-bond donors (Lipinski definition) is 1. The molecule has 2 radical (unpaired) electrons. The third kappa shape index (κ3) is 3.74. The van der Waals surface area contributed by atoms with Crippen LogP contribution < -0.4 is 10.8 Å². The Morgan fingerprint density at radius 1 is 1.32 bits per heavy atom. The minimum Gasteiger partial charge on any atom is -0.376 e. The first-order valence-electron chi connectivity index (χ1n) is 6.62. The van der Waals surface area contributed by atoms with E-state index < -0.39 is 0 Å². The zero-order valence-corrected chi connectivity index (χ0v) is 11.6. The Hall–Kier alpha value is -1.49. The van der Waals surface area contributed by atoms with Crippen LogP contribution in [0.2, 0.25) is 0 Å². The molecule has 0 aromatic heterocycles. The van der Waals surface area contributed by atoms with E-state index in [0.717, 1.165) is 42.9 Å². The van der Waals surface area contributed by atoms with E-state index in [4.69, 9.17) is 7.85 Å². The lowest BCUT2D eigenvalue weighted by Crippen LogP contribution is -2.48. The Balaban J connectivity index is 1.84. The number of aryl methyl sites for hydroxylation is 1. The molecule has 0 saturated carbocycles. The van der Waals surface area contributed by atoms with Gasteiger partial charge in [-0.05, 0) is 26.1 Å². The normalized spacial score (nSPS) is 16.4. The summed E-state index contributed by atoms with van der Waals surface area (Å²) < 4.78 is 0. The van der Waals surface area contributed by atoms with E-state index in [1.54, 1.807) is 0 Å². The fraction of sp³-hybridized carbons (Fsp3) is 0.500. The van der Waals surface area contributed by atoms with Gasteiger partial charge >= 0.3 is 0 Å². The zero-order valence-electron chi connectivity index (χ0n) is 11.6. The van der Waals surface area contributed by atoms with Crippen LogP contribution in [0, 0.1) is 6.92 Å². The second-order valence-electron chi connectivity index (χ2n) is 5.11. The van der Waals surface area contributed by atoms with Gasteiger partial charge in [0, 0.05) is 31.9 Å². The van der Waals surface area contributed by atoms with E-state index in [2.05, 4.69) is 17.3 Å². The molecule has 1 saturated heterocycles. The van der Waals surface area contributed by atoms with Crippen molar-refractivity contribution in [2.24, 2.45) is 0 Å². The number of amides is 1. The average molecular weight is 257 g/mol. The fourth-order valence-electron chi connectivity index (χ4n) is 2.13. The highest BCUT2D eigenvalue weighted by atomic mass is 16.2. The van der Waals surface area contributed by atoms with E-state index in [0.29, 0.717) is 6.54 Å². The molecule has 0 atom stereocenters. The summed E-state index contributed by atoms with van der Waals surface area (Å²) in [5, 5.41) is 3.16. The van der Waals surface area contributed by atoms with Gasteiger partial charge in [0.15, 0.2) is 0 Å². The van der Waals surface area contributed by atoms with Crippen LogP contribution in [0.15, 0.2) is 18.2 Å². The molecular formula is C14H20BN3O. The van der Waals surface area contributed by atoms with Gasteiger partial charge in [0.1, 0.15) is 7.85 Å². The largest absolute Gasteiger partial charge is 0.376 e. The summed E-state index contributed by atoms with van der Waals surface area (Å²) in [7, 11) is 7.85. The van der Waals surface area contributed by atoms with E-state index in [1.165, 1.54) is 0 Å². The molecule has 1 aliphatic rings. The van der Waals surface area contributed by atoms with Crippen LogP contribution in [0.5, 0.6) is 0 Å². The Labute approximate surface area is 116 Å². The molecular weight excluding hydrogens is 237 g/mol. The van der Waals surface area contributed by atoms with Crippen molar-refractivity contribution in [2.45, 2.75) is 6.92 Å². The van der Waals surface area contributed by atoms with Gasteiger partial charge in [-0.15, -0.1) is 0 Å². The maximum atomic E-state index is 12.1. The second-order valence-corrected chi connectivity index (χ2v) is 5.11. The Bertz CT molecular complexity index is 456. The van der Waals surface area contributed by atoms with Gasteiger partial charge in [0.25, 0.3) is 0 Å². The van der Waals surface area contributed by atoms with E-state index in [1.807, 2.05) is 30.0 Å². The molecule has 2 rings (SSSR count). The summed E-state index contributed by atoms with van der Waals surface area (Å²) in [4.78, 5) is 16.2. The fourth-order valence-corrected chi connectivity index (χ4v) is 2.13. The van der Waals surface area contributed by atoms with Crippen molar-refractivity contribution in [3.05, 3.63) is 23.8 Å². The third-order valence-electron chi connectivity index (χ3n) is 3.57. The quantitative estimate of drug-likeness (QED) is 0.773. The lowest BCUT2D eigenvalue weighted by molar-refractivity contribution is -0.130. The van der Waals surface area contributed by atoms with Crippen molar-refractivity contribution in [1.82, 2.24) is 9.80 Å². The maximum absolute atomic E-state index is 12.1. The molecule has 0 spiro atoms. The standard InChI is InChI=1S/C14H20BN3O/c1-11-9-12(3-4-13(11)15)16-10-14(19)18-7-5-17(2)6-8-18/h3-4,9,16H,5-8,10H2,1-2H3. The minimum atomic E-state index is 0.155. The molecule has 0 bridgehead atoms. The molecule has 1 aliphatic heterocycles. The Kier molecular flexibility index (Phi) is 4.48. The summed E-state index contributed by atoms with van der Waals surface area (Å²) in [6, 6.07) is 5.73. The number of piperazine rings is 1. The summed E-state index contributed by atoms with van der Waals surface area (Å²) in [5.41, 5.74) is 2.74. The van der Waals surface area contributed by atoms with Crippen molar-refractivity contribution in [3.63, 3.8) is 0 Å². The zero-order chi connectivity index (χ0) is 13.8. The topological polar surface area (TPSA) is 35.6 Å². The highest BCUT2D eigenvalue weighted by molar-refractivity contribution is 6.33. The van der Waals surface area contributed by atoms with E-state index in [9.17, 15) is 4.79 Å². The second kappa shape index (κ2) is 6.11. The molecule has 1 heterocycles. The third-order valence-corrected chi connectivity index (χ3v) is 3.57. The molecule has 1 N–H and O–H groups in total. The van der Waals surface area contributed by atoms with Gasteiger partial charge in [-0.2, -0.15) is 0 Å². The van der Waals surface area contributed by atoms with Crippen LogP contribution in [0.1, 0.15) is 5.56 Å². The number of hydrogen-bond acceptors (Lipinski definition) is 3. The van der Waals surface area contributed by atoms with Crippen molar-refractivity contribution in [3.8, 4) is 0 Å². The van der Waals surface area contributed by atoms with Crippen molar-refractivity contribution in [2.75, 3.05) is 45.1 Å². The number of carbonyl (C=O) groups is 1. The van der Waals surface area contributed by atoms with Gasteiger partial charge in [-0.1, -0.05) is 17.1 Å². The number of likely N-dealkylation sites (N-methyl/N-ethyl adjacent to an activating group) is 1. The number of nitrogens with one attached hydrogen (secondary N) is 1. The predicted octanol–water partition coefficient (Wildman–Crippen LogP) is -0.0253. The molecule has 4 nitrogen and oxygen atoms in total. The van der Waals surface area contributed by atoms with Crippen LogP contribution in [-0.2, 0) is 4.79 Å². The average Bonchev–Trinajstić information content (AvgIpc) is 2.40. The van der Waals surface area contributed by atoms with Crippen LogP contribution in [0.3, 0.4) is 0 Å². The van der Waals surface area contributed by atoms with Crippen LogP contribution in [-0.4, -0.2) is 63.3 Å². The Morgan fingerprint density at radius 3 is 2.63 bits per heavy atom. The van der Waals surface area contributed by atoms with Crippen LogP contribution in [0.4, 0.5) is 5.69 Å². The van der Waals surface area contributed by atoms with Crippen molar-refractivity contribution >= 4 is 24.9 Å². The monoisotopic (exact) mass is 257 g/mol. The first-order chi connectivity index (χ1) is 9.06. The summed E-state index contributed by atoms with van der Waals surface area (Å²) in [5.74, 6) is 0.155. The van der Waals surface area contributed by atoms with Gasteiger partial charge in [-0.25, -0.2) is 0 Å². The van der Waals surface area contributed by atoms with Gasteiger partial charge < -0.3 is 15.1 Å². The number of nitrogens with zero attached hydrogens (tertiary/aromatic N) is 2. The van der Waals surface area contributed by atoms with Gasteiger partial charge in [0.05, 0.1) is 6.54 Å². The number of anilines is 1. The number of benzene rings is 1. The van der Waals surface area contributed by atoms with Crippen molar-refractivity contribution in [1.29, 1.82) is 0 Å². The van der Waals surface area contributed by atoms with Gasteiger partial charge in [-0.3, -0.25) is 4.79 Å². The molecule has 0 aliphatic carbocycles. The maximum Gasteiger partial charge on any atom is 0.241 e. The summed E-state index contributed by atoms with van der Waals surface area (Å²) in [6.45, 7) is 5.84. The molecule has 100 valence electrons. The summed E-state index contributed by atoms with van der Waals surface area (Å²) in [6.07, 6.45) is 0. The van der Waals surface area contributed by atoms with Gasteiger partial charge in [0.2, 0.25) is 5.91 Å².